The van der Waals surface area contributed by atoms with Crippen molar-refractivity contribution in [1.29, 1.82) is 0 Å². The van der Waals surface area contributed by atoms with Gasteiger partial charge in [0, 0.05) is 6.42 Å². The molecule has 2 aliphatic rings. The molecule has 3 aromatic carbocycles. The van der Waals surface area contributed by atoms with E-state index in [4.69, 9.17) is 9.47 Å². The Morgan fingerprint density at radius 1 is 0.714 bits per heavy atom. The second-order valence-corrected chi connectivity index (χ2v) is 17.5. The molecule has 3 aromatic rings. The Labute approximate surface area is 370 Å². The topological polar surface area (TPSA) is 198 Å². The Morgan fingerprint density at radius 3 is 2.06 bits per heavy atom. The quantitative estimate of drug-likeness (QED) is 0.0749. The third-order valence-corrected chi connectivity index (χ3v) is 11.4. The number of nitrogens with one attached hydrogen (secondary N) is 5. The molecule has 4 atom stereocenters. The first-order valence-corrected chi connectivity index (χ1v) is 22.3. The summed E-state index contributed by atoms with van der Waals surface area (Å²) in [4.78, 5) is 95.2. The van der Waals surface area contributed by atoms with Crippen molar-refractivity contribution >= 4 is 41.5 Å². The fraction of sp³-hybridized carbons (Fsp3) is 0.490. The predicted molar refractivity (Wildman–Crippen MR) is 237 cm³/mol. The van der Waals surface area contributed by atoms with Crippen LogP contribution in [-0.4, -0.2) is 71.7 Å². The molecule has 0 saturated heterocycles. The maximum atomic E-state index is 14.4. The van der Waals surface area contributed by atoms with Crippen molar-refractivity contribution in [3.8, 4) is 0 Å². The highest BCUT2D eigenvalue weighted by molar-refractivity contribution is 6.38. The van der Waals surface area contributed by atoms with E-state index in [-0.39, 0.29) is 25.4 Å². The van der Waals surface area contributed by atoms with Gasteiger partial charge in [0.2, 0.25) is 23.5 Å². The minimum Gasteiger partial charge on any atom is -0.459 e. The summed E-state index contributed by atoms with van der Waals surface area (Å²) >= 11 is 0. The Morgan fingerprint density at radius 2 is 1.38 bits per heavy atom. The highest BCUT2D eigenvalue weighted by Crippen LogP contribution is 2.28. The van der Waals surface area contributed by atoms with Gasteiger partial charge in [-0.1, -0.05) is 111 Å². The molecule has 338 valence electrons. The number of rotatable bonds is 19. The lowest BCUT2D eigenvalue weighted by Gasteiger charge is -2.32. The van der Waals surface area contributed by atoms with Crippen LogP contribution in [0, 0.1) is 5.92 Å². The van der Waals surface area contributed by atoms with Gasteiger partial charge >= 0.3 is 12.1 Å². The van der Waals surface area contributed by atoms with Gasteiger partial charge < -0.3 is 36.1 Å². The van der Waals surface area contributed by atoms with Gasteiger partial charge in [-0.25, -0.2) is 9.59 Å². The molecule has 0 aromatic heterocycles. The monoisotopic (exact) mass is 865 g/mol. The van der Waals surface area contributed by atoms with Gasteiger partial charge in [0.05, 0.1) is 12.6 Å². The summed E-state index contributed by atoms with van der Waals surface area (Å²) in [5.74, 6) is -4.95. The van der Waals surface area contributed by atoms with Crippen LogP contribution in [0.3, 0.4) is 0 Å². The van der Waals surface area contributed by atoms with Crippen LogP contribution in [0.25, 0.3) is 0 Å². The number of benzene rings is 3. The number of fused-ring (bicyclic) bond motifs is 1. The van der Waals surface area contributed by atoms with E-state index in [1.165, 1.54) is 5.56 Å². The number of amides is 5. The standard InChI is InChI=1S/C49H63N5O9/c1-5-18-38(43(56)46(59)50-30-40(55)53-42(35-24-13-8-14-25-35)47(60)62-31-32-19-9-6-10-20-32)51-44(57)39(29-36-27-17-26-33-21-15-16-28-37(33)36)52-45(58)41(34-22-11-7-12-23-34)54-48(61)63-49(2,3)4/h6,8-10,13-14,17,19-20,24-27,34,38-39,41-42H,5,7,11-12,15-16,18,21-23,28-31H2,1-4H3,(H,50,59)(H,51,57)(H,52,58)(H,53,55)(H,54,61)/t38?,39-,41-,42-/m0/s1. The lowest BCUT2D eigenvalue weighted by atomic mass is 9.83. The molecule has 14 heteroatoms. The molecular formula is C49H63N5O9. The number of alkyl carbamates (subject to hydrolysis) is 1. The summed E-state index contributed by atoms with van der Waals surface area (Å²) < 4.78 is 11.0. The van der Waals surface area contributed by atoms with E-state index in [0.717, 1.165) is 61.6 Å². The van der Waals surface area contributed by atoms with Crippen LogP contribution in [0.2, 0.25) is 0 Å². The molecule has 0 spiro atoms. The van der Waals surface area contributed by atoms with Crippen molar-refractivity contribution in [2.24, 2.45) is 5.92 Å². The van der Waals surface area contributed by atoms with Crippen molar-refractivity contribution < 1.29 is 43.0 Å². The number of Topliss-reactive ketones (excluding diaryl/α,β-unsaturated/α-hetero) is 1. The number of carbonyl (C=O) groups is 7. The second kappa shape index (κ2) is 23.4. The zero-order valence-electron chi connectivity index (χ0n) is 37.0. The average Bonchev–Trinajstić information content (AvgIpc) is 3.28. The normalized spacial score (nSPS) is 15.8. The van der Waals surface area contributed by atoms with Gasteiger partial charge in [-0.2, -0.15) is 0 Å². The number of carbonyl (C=O) groups excluding carboxylic acids is 7. The number of esters is 1. The largest absolute Gasteiger partial charge is 0.459 e. The van der Waals surface area contributed by atoms with E-state index in [1.807, 2.05) is 30.3 Å². The first kappa shape index (κ1) is 48.0. The summed E-state index contributed by atoms with van der Waals surface area (Å²) in [5.41, 5.74) is 3.63. The molecule has 0 bridgehead atoms. The maximum absolute atomic E-state index is 14.4. The van der Waals surface area contributed by atoms with E-state index < -0.39 is 77.8 Å². The number of aryl methyl sites for hydroxylation is 1. The van der Waals surface area contributed by atoms with Crippen LogP contribution in [0.4, 0.5) is 4.79 Å². The number of ketones is 1. The minimum absolute atomic E-state index is 0.0171. The fourth-order valence-corrected chi connectivity index (χ4v) is 8.23. The molecule has 0 aliphatic heterocycles. The number of hydrogen-bond acceptors (Lipinski definition) is 9. The van der Waals surface area contributed by atoms with Crippen LogP contribution in [-0.2, 0) is 64.1 Å². The van der Waals surface area contributed by atoms with Crippen LogP contribution < -0.4 is 26.6 Å². The van der Waals surface area contributed by atoms with Crippen LogP contribution in [0.15, 0.2) is 78.9 Å². The van der Waals surface area contributed by atoms with Gasteiger partial charge in [-0.15, -0.1) is 0 Å². The van der Waals surface area contributed by atoms with Crippen molar-refractivity contribution in [2.45, 2.75) is 141 Å². The summed E-state index contributed by atoms with van der Waals surface area (Å²) in [7, 11) is 0. The molecule has 1 saturated carbocycles. The summed E-state index contributed by atoms with van der Waals surface area (Å²) in [6, 6.07) is 18.9. The molecule has 14 nitrogen and oxygen atoms in total. The summed E-state index contributed by atoms with van der Waals surface area (Å²) in [6.45, 7) is 6.35. The molecule has 5 amide bonds. The van der Waals surface area contributed by atoms with Gasteiger partial charge in [0.15, 0.2) is 6.04 Å². The summed E-state index contributed by atoms with van der Waals surface area (Å²) in [6.07, 6.45) is 7.88. The fourth-order valence-electron chi connectivity index (χ4n) is 8.23. The van der Waals surface area contributed by atoms with E-state index in [1.54, 1.807) is 70.2 Å². The first-order chi connectivity index (χ1) is 30.2. The van der Waals surface area contributed by atoms with Gasteiger partial charge in [-0.3, -0.25) is 24.0 Å². The SMILES string of the molecule is CCCC(NC(=O)[C@H](Cc1cccc2c1CCCC2)NC(=O)[C@@H](NC(=O)OC(C)(C)C)C1CCCCC1)C(=O)C(=O)NCC(=O)N[C@H](C(=O)OCc1ccccc1)c1ccccc1. The molecule has 63 heavy (non-hydrogen) atoms. The summed E-state index contributed by atoms with van der Waals surface area (Å²) in [5, 5.41) is 13.4. The first-order valence-electron chi connectivity index (χ1n) is 22.3. The lowest BCUT2D eigenvalue weighted by molar-refractivity contribution is -0.149. The molecule has 0 radical (unpaired) electrons. The Kier molecular flexibility index (Phi) is 17.8. The van der Waals surface area contributed by atoms with Crippen LogP contribution >= 0.6 is 0 Å². The second-order valence-electron chi connectivity index (χ2n) is 17.5. The zero-order chi connectivity index (χ0) is 45.4. The van der Waals surface area contributed by atoms with E-state index in [2.05, 4.69) is 32.7 Å². The third kappa shape index (κ3) is 14.8. The molecule has 5 N–H and O–H groups in total. The number of hydrogen-bond donors (Lipinski definition) is 5. The maximum Gasteiger partial charge on any atom is 0.408 e. The predicted octanol–water partition coefficient (Wildman–Crippen LogP) is 5.64. The Balaban J connectivity index is 1.29. The van der Waals surface area contributed by atoms with Crippen molar-refractivity contribution in [2.75, 3.05) is 6.54 Å². The van der Waals surface area contributed by atoms with Gasteiger partial charge in [-0.05, 0) is 99.5 Å². The van der Waals surface area contributed by atoms with Gasteiger partial charge in [0.1, 0.15) is 24.3 Å². The Bertz CT molecular complexity index is 2050. The highest BCUT2D eigenvalue weighted by atomic mass is 16.6. The van der Waals surface area contributed by atoms with Crippen molar-refractivity contribution in [3.63, 3.8) is 0 Å². The third-order valence-electron chi connectivity index (χ3n) is 11.4. The molecule has 1 unspecified atom stereocenters. The molecule has 0 heterocycles. The average molecular weight is 866 g/mol. The van der Waals surface area contributed by atoms with Crippen molar-refractivity contribution in [3.05, 3.63) is 107 Å². The van der Waals surface area contributed by atoms with Crippen LogP contribution in [0.1, 0.15) is 119 Å². The highest BCUT2D eigenvalue weighted by Gasteiger charge is 2.36. The minimum atomic E-state index is -1.28. The Hall–Kier alpha value is -6.05. The molecule has 2 aliphatic carbocycles. The van der Waals surface area contributed by atoms with E-state index in [9.17, 15) is 33.6 Å². The van der Waals surface area contributed by atoms with Crippen molar-refractivity contribution in [1.82, 2.24) is 26.6 Å². The van der Waals surface area contributed by atoms with Crippen LogP contribution in [0.5, 0.6) is 0 Å². The number of ether oxygens (including phenoxy) is 2. The smallest absolute Gasteiger partial charge is 0.408 e. The molecule has 5 rings (SSSR count). The lowest BCUT2D eigenvalue weighted by Crippen LogP contribution is -2.59. The van der Waals surface area contributed by atoms with E-state index in [0.29, 0.717) is 24.8 Å². The van der Waals surface area contributed by atoms with Gasteiger partial charge in [0.25, 0.3) is 5.91 Å². The zero-order valence-corrected chi connectivity index (χ0v) is 37.0. The molecular weight excluding hydrogens is 803 g/mol. The molecule has 1 fully saturated rings. The van der Waals surface area contributed by atoms with E-state index >= 15 is 0 Å².